The molecule has 1 unspecified atom stereocenters. The van der Waals surface area contributed by atoms with E-state index in [9.17, 15) is 0 Å². The van der Waals surface area contributed by atoms with Gasteiger partial charge in [-0.05, 0) is 25.3 Å². The van der Waals surface area contributed by atoms with Gasteiger partial charge in [0.1, 0.15) is 0 Å². The minimum absolute atomic E-state index is 0.466. The molecule has 20 heavy (non-hydrogen) atoms. The second kappa shape index (κ2) is 8.00. The predicted molar refractivity (Wildman–Crippen MR) is 81.9 cm³/mol. The minimum Gasteiger partial charge on any atom is -0.493 e. The Morgan fingerprint density at radius 1 is 0.950 bits per heavy atom. The van der Waals surface area contributed by atoms with E-state index in [2.05, 4.69) is 26.1 Å². The zero-order valence-electron chi connectivity index (χ0n) is 13.4. The minimum atomic E-state index is 0.466. The van der Waals surface area contributed by atoms with Crippen LogP contribution in [0.2, 0.25) is 0 Å². The zero-order chi connectivity index (χ0) is 15.1. The molecule has 1 rings (SSSR count). The van der Waals surface area contributed by atoms with Gasteiger partial charge in [-0.3, -0.25) is 0 Å². The van der Waals surface area contributed by atoms with Gasteiger partial charge >= 0.3 is 0 Å². The fourth-order valence-electron chi connectivity index (χ4n) is 2.38. The van der Waals surface area contributed by atoms with Crippen LogP contribution in [0.25, 0.3) is 0 Å². The molecule has 1 aromatic carbocycles. The predicted octanol–water partition coefficient (Wildman–Crippen LogP) is 3.24. The third kappa shape index (κ3) is 4.30. The molecule has 1 aromatic rings. The standard InChI is InChI=1S/C16H27NO3/c1-11(2)9-12(3)17-10-13-7-8-14(18-4)16(20-6)15(13)19-5/h7-8,11-12,17H,9-10H2,1-6H3. The summed E-state index contributed by atoms with van der Waals surface area (Å²) in [5.41, 5.74) is 1.07. The van der Waals surface area contributed by atoms with Crippen LogP contribution in [0, 0.1) is 5.92 Å². The molecule has 4 nitrogen and oxygen atoms in total. The van der Waals surface area contributed by atoms with Gasteiger partial charge in [0.2, 0.25) is 5.75 Å². The molecule has 0 aromatic heterocycles. The van der Waals surface area contributed by atoms with Crippen molar-refractivity contribution in [1.82, 2.24) is 5.32 Å². The lowest BCUT2D eigenvalue weighted by Crippen LogP contribution is -2.27. The summed E-state index contributed by atoms with van der Waals surface area (Å²) in [5, 5.41) is 3.52. The molecule has 1 N–H and O–H groups in total. The van der Waals surface area contributed by atoms with Crippen LogP contribution in [-0.2, 0) is 6.54 Å². The van der Waals surface area contributed by atoms with Gasteiger partial charge in [-0.15, -0.1) is 0 Å². The van der Waals surface area contributed by atoms with E-state index in [1.807, 2.05) is 12.1 Å². The van der Waals surface area contributed by atoms with Crippen molar-refractivity contribution < 1.29 is 14.2 Å². The first-order valence-electron chi connectivity index (χ1n) is 7.04. The average molecular weight is 281 g/mol. The Balaban J connectivity index is 2.85. The van der Waals surface area contributed by atoms with Gasteiger partial charge < -0.3 is 19.5 Å². The Hall–Kier alpha value is -1.42. The van der Waals surface area contributed by atoms with Crippen molar-refractivity contribution in [2.75, 3.05) is 21.3 Å². The highest BCUT2D eigenvalue weighted by molar-refractivity contribution is 5.55. The van der Waals surface area contributed by atoms with Gasteiger partial charge in [0.25, 0.3) is 0 Å². The van der Waals surface area contributed by atoms with Crippen LogP contribution in [0.15, 0.2) is 12.1 Å². The number of hydrogen-bond donors (Lipinski definition) is 1. The SMILES string of the molecule is COc1ccc(CNC(C)CC(C)C)c(OC)c1OC. The van der Waals surface area contributed by atoms with Crippen molar-refractivity contribution in [1.29, 1.82) is 0 Å². The number of benzene rings is 1. The summed E-state index contributed by atoms with van der Waals surface area (Å²) in [4.78, 5) is 0. The number of ether oxygens (including phenoxy) is 3. The summed E-state index contributed by atoms with van der Waals surface area (Å²) in [6.45, 7) is 7.41. The largest absolute Gasteiger partial charge is 0.493 e. The van der Waals surface area contributed by atoms with Crippen LogP contribution in [0.5, 0.6) is 17.2 Å². The van der Waals surface area contributed by atoms with E-state index >= 15 is 0 Å². The van der Waals surface area contributed by atoms with Gasteiger partial charge in [-0.1, -0.05) is 19.9 Å². The van der Waals surface area contributed by atoms with Crippen LogP contribution < -0.4 is 19.5 Å². The molecule has 0 aliphatic rings. The van der Waals surface area contributed by atoms with E-state index in [1.54, 1.807) is 21.3 Å². The molecule has 1 atom stereocenters. The first kappa shape index (κ1) is 16.6. The quantitative estimate of drug-likeness (QED) is 0.794. The molecule has 0 heterocycles. The number of methoxy groups -OCH3 is 3. The fourth-order valence-corrected chi connectivity index (χ4v) is 2.38. The zero-order valence-corrected chi connectivity index (χ0v) is 13.4. The van der Waals surface area contributed by atoms with Gasteiger partial charge in [-0.25, -0.2) is 0 Å². The second-order valence-electron chi connectivity index (χ2n) is 5.40. The van der Waals surface area contributed by atoms with Crippen molar-refractivity contribution in [3.8, 4) is 17.2 Å². The molecule has 0 aliphatic carbocycles. The average Bonchev–Trinajstić information content (AvgIpc) is 2.42. The van der Waals surface area contributed by atoms with Gasteiger partial charge in [-0.2, -0.15) is 0 Å². The third-order valence-electron chi connectivity index (χ3n) is 3.25. The molecule has 114 valence electrons. The summed E-state index contributed by atoms with van der Waals surface area (Å²) in [5.74, 6) is 2.75. The first-order chi connectivity index (χ1) is 9.53. The first-order valence-corrected chi connectivity index (χ1v) is 7.04. The molecule has 0 bridgehead atoms. The van der Waals surface area contributed by atoms with Crippen LogP contribution >= 0.6 is 0 Å². The molecule has 0 amide bonds. The Bertz CT molecular complexity index is 418. The van der Waals surface area contributed by atoms with E-state index in [1.165, 1.54) is 0 Å². The molecule has 0 radical (unpaired) electrons. The Morgan fingerprint density at radius 3 is 2.10 bits per heavy atom. The molecule has 0 spiro atoms. The molecule has 0 aliphatic heterocycles. The monoisotopic (exact) mass is 281 g/mol. The van der Waals surface area contributed by atoms with Crippen molar-refractivity contribution in [3.63, 3.8) is 0 Å². The summed E-state index contributed by atoms with van der Waals surface area (Å²) < 4.78 is 16.2. The van der Waals surface area contributed by atoms with Crippen LogP contribution in [0.1, 0.15) is 32.8 Å². The highest BCUT2D eigenvalue weighted by Gasteiger charge is 2.16. The maximum absolute atomic E-state index is 5.48. The second-order valence-corrected chi connectivity index (χ2v) is 5.40. The lowest BCUT2D eigenvalue weighted by atomic mass is 10.0. The Morgan fingerprint density at radius 2 is 1.60 bits per heavy atom. The summed E-state index contributed by atoms with van der Waals surface area (Å²) in [6.07, 6.45) is 1.15. The van der Waals surface area contributed by atoms with E-state index < -0.39 is 0 Å². The molecule has 0 saturated heterocycles. The van der Waals surface area contributed by atoms with E-state index in [-0.39, 0.29) is 0 Å². The number of hydrogen-bond acceptors (Lipinski definition) is 4. The fraction of sp³-hybridized carbons (Fsp3) is 0.625. The van der Waals surface area contributed by atoms with E-state index in [0.717, 1.165) is 24.3 Å². The normalized spacial score (nSPS) is 12.3. The lowest BCUT2D eigenvalue weighted by molar-refractivity contribution is 0.320. The van der Waals surface area contributed by atoms with Gasteiger partial charge in [0, 0.05) is 18.2 Å². The number of nitrogens with one attached hydrogen (secondary N) is 1. The summed E-state index contributed by atoms with van der Waals surface area (Å²) >= 11 is 0. The van der Waals surface area contributed by atoms with Crippen LogP contribution in [-0.4, -0.2) is 27.4 Å². The van der Waals surface area contributed by atoms with Crippen molar-refractivity contribution in [2.24, 2.45) is 5.92 Å². The summed E-state index contributed by atoms with van der Waals surface area (Å²) in [7, 11) is 4.90. The Kier molecular flexibility index (Phi) is 6.65. The molecular weight excluding hydrogens is 254 g/mol. The highest BCUT2D eigenvalue weighted by atomic mass is 16.5. The topological polar surface area (TPSA) is 39.7 Å². The number of rotatable bonds is 8. The maximum Gasteiger partial charge on any atom is 0.203 e. The summed E-state index contributed by atoms with van der Waals surface area (Å²) in [6, 6.07) is 4.38. The lowest BCUT2D eigenvalue weighted by Gasteiger charge is -2.19. The maximum atomic E-state index is 5.48. The highest BCUT2D eigenvalue weighted by Crippen LogP contribution is 2.39. The van der Waals surface area contributed by atoms with Crippen molar-refractivity contribution >= 4 is 0 Å². The molecule has 4 heteroatoms. The third-order valence-corrected chi connectivity index (χ3v) is 3.25. The smallest absolute Gasteiger partial charge is 0.203 e. The van der Waals surface area contributed by atoms with Crippen LogP contribution in [0.3, 0.4) is 0 Å². The Labute approximate surface area is 122 Å². The molecular formula is C16H27NO3. The van der Waals surface area contributed by atoms with E-state index in [4.69, 9.17) is 14.2 Å². The van der Waals surface area contributed by atoms with Crippen LogP contribution in [0.4, 0.5) is 0 Å². The van der Waals surface area contributed by atoms with Crippen molar-refractivity contribution in [2.45, 2.75) is 39.8 Å². The van der Waals surface area contributed by atoms with E-state index in [0.29, 0.717) is 23.5 Å². The van der Waals surface area contributed by atoms with Crippen molar-refractivity contribution in [3.05, 3.63) is 17.7 Å². The molecule has 0 saturated carbocycles. The van der Waals surface area contributed by atoms with Gasteiger partial charge in [0.05, 0.1) is 21.3 Å². The van der Waals surface area contributed by atoms with Gasteiger partial charge in [0.15, 0.2) is 11.5 Å². The molecule has 0 fully saturated rings.